The third-order valence-electron chi connectivity index (χ3n) is 2.59. The molecule has 1 aromatic carbocycles. The van der Waals surface area contributed by atoms with E-state index in [9.17, 15) is 0 Å². The molecule has 0 radical (unpaired) electrons. The first-order valence-electron chi connectivity index (χ1n) is 5.31. The Hall–Kier alpha value is -1.36. The van der Waals surface area contributed by atoms with Gasteiger partial charge in [0.25, 0.3) is 0 Å². The minimum atomic E-state index is -0.398. The summed E-state index contributed by atoms with van der Waals surface area (Å²) in [5.41, 5.74) is 7.72. The zero-order valence-electron chi connectivity index (χ0n) is 9.25. The minimum absolute atomic E-state index is 0.0910. The van der Waals surface area contributed by atoms with E-state index >= 15 is 0 Å². The first-order chi connectivity index (χ1) is 8.20. The Morgan fingerprint density at radius 2 is 2.06 bits per heavy atom. The van der Waals surface area contributed by atoms with E-state index in [-0.39, 0.29) is 6.61 Å². The minimum Gasteiger partial charge on any atom is -0.394 e. The smallest absolute Gasteiger partial charge is 0.0951 e. The zero-order valence-corrected chi connectivity index (χ0v) is 10.0. The van der Waals surface area contributed by atoms with E-state index in [0.717, 1.165) is 11.3 Å². The normalized spacial score (nSPS) is 12.6. The lowest BCUT2D eigenvalue weighted by Gasteiger charge is -2.12. The van der Waals surface area contributed by atoms with Crippen LogP contribution in [0.15, 0.2) is 36.8 Å². The molecule has 0 aliphatic rings. The molecule has 1 atom stereocenters. The molecule has 5 heteroatoms. The van der Waals surface area contributed by atoms with Crippen LogP contribution in [0.2, 0.25) is 5.02 Å². The van der Waals surface area contributed by atoms with Crippen molar-refractivity contribution in [3.05, 3.63) is 53.1 Å². The van der Waals surface area contributed by atoms with Gasteiger partial charge in [-0.1, -0.05) is 23.7 Å². The Labute approximate surface area is 105 Å². The first-order valence-corrected chi connectivity index (χ1v) is 5.69. The molecule has 1 heterocycles. The van der Waals surface area contributed by atoms with Crippen LogP contribution in [0.1, 0.15) is 17.3 Å². The summed E-state index contributed by atoms with van der Waals surface area (Å²) >= 11 is 5.83. The molecule has 0 fully saturated rings. The van der Waals surface area contributed by atoms with Crippen LogP contribution >= 0.6 is 11.6 Å². The number of nitrogens with two attached hydrogens (primary N) is 1. The van der Waals surface area contributed by atoms with E-state index in [1.165, 1.54) is 0 Å². The molecule has 0 aliphatic heterocycles. The summed E-state index contributed by atoms with van der Waals surface area (Å²) in [5, 5.41) is 9.76. The van der Waals surface area contributed by atoms with Gasteiger partial charge in [0, 0.05) is 17.8 Å². The van der Waals surface area contributed by atoms with Gasteiger partial charge in [-0.25, -0.2) is 4.98 Å². The highest BCUT2D eigenvalue weighted by molar-refractivity contribution is 6.30. The van der Waals surface area contributed by atoms with Gasteiger partial charge in [-0.05, 0) is 17.7 Å². The molecule has 2 aromatic rings. The molecule has 0 aliphatic carbocycles. The molecule has 1 unspecified atom stereocenters. The SMILES string of the molecule is NC(CO)c1cncn1Cc1ccc(Cl)cc1. The Morgan fingerprint density at radius 3 is 2.71 bits per heavy atom. The summed E-state index contributed by atoms with van der Waals surface area (Å²) in [6.07, 6.45) is 3.39. The summed E-state index contributed by atoms with van der Waals surface area (Å²) in [6.45, 7) is 0.576. The van der Waals surface area contributed by atoms with Gasteiger partial charge in [0.1, 0.15) is 0 Å². The predicted molar refractivity (Wildman–Crippen MR) is 66.8 cm³/mol. The molecule has 0 bridgehead atoms. The first kappa shape index (κ1) is 12.1. The van der Waals surface area contributed by atoms with Gasteiger partial charge in [0.05, 0.1) is 24.7 Å². The third kappa shape index (κ3) is 2.85. The Bertz CT molecular complexity index is 481. The summed E-state index contributed by atoms with van der Waals surface area (Å²) in [5.74, 6) is 0. The highest BCUT2D eigenvalue weighted by Crippen LogP contribution is 2.14. The van der Waals surface area contributed by atoms with Gasteiger partial charge >= 0.3 is 0 Å². The van der Waals surface area contributed by atoms with Gasteiger partial charge < -0.3 is 15.4 Å². The maximum Gasteiger partial charge on any atom is 0.0951 e. The average Bonchev–Trinajstić information content (AvgIpc) is 2.79. The van der Waals surface area contributed by atoms with Gasteiger partial charge in [0.2, 0.25) is 0 Å². The van der Waals surface area contributed by atoms with Gasteiger partial charge in [-0.15, -0.1) is 0 Å². The molecule has 2 rings (SSSR count). The molecule has 17 heavy (non-hydrogen) atoms. The predicted octanol–water partition coefficient (Wildman–Crippen LogP) is 1.58. The fourth-order valence-electron chi connectivity index (χ4n) is 1.65. The van der Waals surface area contributed by atoms with Crippen molar-refractivity contribution < 1.29 is 5.11 Å². The van der Waals surface area contributed by atoms with Crippen molar-refractivity contribution in [1.29, 1.82) is 0 Å². The maximum atomic E-state index is 9.05. The van der Waals surface area contributed by atoms with E-state index in [1.54, 1.807) is 12.5 Å². The van der Waals surface area contributed by atoms with E-state index in [1.807, 2.05) is 28.8 Å². The van der Waals surface area contributed by atoms with Gasteiger partial charge in [-0.2, -0.15) is 0 Å². The molecule has 90 valence electrons. The van der Waals surface area contributed by atoms with Crippen molar-refractivity contribution in [2.24, 2.45) is 5.73 Å². The molecular weight excluding hydrogens is 238 g/mol. The molecule has 0 saturated heterocycles. The van der Waals surface area contributed by atoms with E-state index in [2.05, 4.69) is 4.98 Å². The number of benzene rings is 1. The monoisotopic (exact) mass is 251 g/mol. The highest BCUT2D eigenvalue weighted by atomic mass is 35.5. The van der Waals surface area contributed by atoms with Crippen LogP contribution in [0.4, 0.5) is 0 Å². The lowest BCUT2D eigenvalue weighted by Crippen LogP contribution is -2.18. The Kier molecular flexibility index (Phi) is 3.78. The van der Waals surface area contributed by atoms with Crippen molar-refractivity contribution >= 4 is 11.6 Å². The second kappa shape index (κ2) is 5.31. The van der Waals surface area contributed by atoms with Crippen LogP contribution in [-0.4, -0.2) is 21.3 Å². The van der Waals surface area contributed by atoms with Crippen molar-refractivity contribution in [2.45, 2.75) is 12.6 Å². The molecular formula is C12H14ClN3O. The molecule has 0 spiro atoms. The van der Waals surface area contributed by atoms with Crippen LogP contribution in [0.3, 0.4) is 0 Å². The average molecular weight is 252 g/mol. The topological polar surface area (TPSA) is 64.1 Å². The fraction of sp³-hybridized carbons (Fsp3) is 0.250. The lowest BCUT2D eigenvalue weighted by atomic mass is 10.2. The van der Waals surface area contributed by atoms with Crippen LogP contribution in [0.25, 0.3) is 0 Å². The quantitative estimate of drug-likeness (QED) is 0.867. The second-order valence-corrected chi connectivity index (χ2v) is 4.30. The van der Waals surface area contributed by atoms with Crippen LogP contribution in [-0.2, 0) is 6.54 Å². The summed E-state index contributed by atoms with van der Waals surface area (Å²) in [6, 6.07) is 7.20. The van der Waals surface area contributed by atoms with Crippen molar-refractivity contribution in [1.82, 2.24) is 9.55 Å². The van der Waals surface area contributed by atoms with Crippen LogP contribution in [0, 0.1) is 0 Å². The number of rotatable bonds is 4. The lowest BCUT2D eigenvalue weighted by molar-refractivity contribution is 0.263. The Morgan fingerprint density at radius 1 is 1.35 bits per heavy atom. The van der Waals surface area contributed by atoms with E-state index < -0.39 is 6.04 Å². The second-order valence-electron chi connectivity index (χ2n) is 3.86. The van der Waals surface area contributed by atoms with E-state index in [0.29, 0.717) is 11.6 Å². The van der Waals surface area contributed by atoms with E-state index in [4.69, 9.17) is 22.4 Å². The number of hydrogen-bond donors (Lipinski definition) is 2. The molecule has 4 nitrogen and oxygen atoms in total. The van der Waals surface area contributed by atoms with Gasteiger partial charge in [-0.3, -0.25) is 0 Å². The Balaban J connectivity index is 2.18. The maximum absolute atomic E-state index is 9.05. The number of imidazole rings is 1. The van der Waals surface area contributed by atoms with Crippen molar-refractivity contribution in [2.75, 3.05) is 6.61 Å². The molecule has 1 aromatic heterocycles. The number of hydrogen-bond acceptors (Lipinski definition) is 3. The van der Waals surface area contributed by atoms with Crippen molar-refractivity contribution in [3.8, 4) is 0 Å². The van der Waals surface area contributed by atoms with Crippen LogP contribution in [0.5, 0.6) is 0 Å². The van der Waals surface area contributed by atoms with Crippen LogP contribution < -0.4 is 5.73 Å². The number of nitrogens with zero attached hydrogens (tertiary/aromatic N) is 2. The number of halogens is 1. The third-order valence-corrected chi connectivity index (χ3v) is 2.84. The zero-order chi connectivity index (χ0) is 12.3. The van der Waals surface area contributed by atoms with Crippen molar-refractivity contribution in [3.63, 3.8) is 0 Å². The standard InChI is InChI=1S/C12H14ClN3O/c13-10-3-1-9(2-4-10)6-16-8-15-5-12(16)11(14)7-17/h1-5,8,11,17H,6-7,14H2. The molecule has 0 saturated carbocycles. The number of aromatic nitrogens is 2. The fourth-order valence-corrected chi connectivity index (χ4v) is 1.78. The number of aliphatic hydroxyl groups is 1. The molecule has 3 N–H and O–H groups in total. The number of aliphatic hydroxyl groups excluding tert-OH is 1. The largest absolute Gasteiger partial charge is 0.394 e. The summed E-state index contributed by atoms with van der Waals surface area (Å²) < 4.78 is 1.92. The highest BCUT2D eigenvalue weighted by Gasteiger charge is 2.10. The van der Waals surface area contributed by atoms with Gasteiger partial charge in [0.15, 0.2) is 0 Å². The summed E-state index contributed by atoms with van der Waals surface area (Å²) in [4.78, 5) is 4.05. The molecule has 0 amide bonds. The summed E-state index contributed by atoms with van der Waals surface area (Å²) in [7, 11) is 0.